The van der Waals surface area contributed by atoms with E-state index in [1.54, 1.807) is 0 Å². The van der Waals surface area contributed by atoms with Crippen LogP contribution < -0.4 is 16.4 Å². The molecule has 0 unspecified atom stereocenters. The number of benzene rings is 2. The van der Waals surface area contributed by atoms with Crippen LogP contribution in [0.3, 0.4) is 0 Å². The smallest absolute Gasteiger partial charge is 0.316 e. The van der Waals surface area contributed by atoms with Gasteiger partial charge in [-0.15, -0.1) is 0 Å². The molecule has 1 heterocycles. The first-order chi connectivity index (χ1) is 11.1. The summed E-state index contributed by atoms with van der Waals surface area (Å²) in [6, 6.07) is 14.8. The first kappa shape index (κ1) is 14.8. The molecule has 0 aliphatic rings. The highest BCUT2D eigenvalue weighted by molar-refractivity contribution is 5.89. The number of primary amides is 1. The monoisotopic (exact) mass is 307 g/mol. The molecule has 2 aromatic carbocycles. The Morgan fingerprint density at radius 3 is 2.57 bits per heavy atom. The molecule has 0 atom stereocenters. The van der Waals surface area contributed by atoms with E-state index in [2.05, 4.69) is 20.6 Å². The number of nitrogens with two attached hydrogens (primary N) is 1. The van der Waals surface area contributed by atoms with Crippen molar-refractivity contribution in [1.82, 2.24) is 9.97 Å². The lowest BCUT2D eigenvalue weighted by atomic mass is 10.2. The molecule has 3 aromatic rings. The molecule has 2 amide bonds. The maximum absolute atomic E-state index is 10.8. The second kappa shape index (κ2) is 6.31. The summed E-state index contributed by atoms with van der Waals surface area (Å²) in [5.74, 6) is 1.54. The predicted molar refractivity (Wildman–Crippen MR) is 91.2 cm³/mol. The maximum atomic E-state index is 10.8. The predicted octanol–water partition coefficient (Wildman–Crippen LogP) is 3.04. The van der Waals surface area contributed by atoms with Crippen molar-refractivity contribution in [2.75, 3.05) is 10.6 Å². The number of rotatable bonds is 4. The van der Waals surface area contributed by atoms with E-state index >= 15 is 0 Å². The summed E-state index contributed by atoms with van der Waals surface area (Å²) in [7, 11) is 0. The van der Waals surface area contributed by atoms with Crippen molar-refractivity contribution in [3.8, 4) is 0 Å². The molecule has 0 aliphatic heterocycles. The van der Waals surface area contributed by atoms with Crippen LogP contribution in [0.5, 0.6) is 0 Å². The molecular formula is C17H17N5O. The van der Waals surface area contributed by atoms with Gasteiger partial charge in [-0.2, -0.15) is 0 Å². The molecule has 0 fully saturated rings. The van der Waals surface area contributed by atoms with Crippen LogP contribution in [0.2, 0.25) is 0 Å². The number of amides is 2. The Balaban J connectivity index is 1.77. The third-order valence-electron chi connectivity index (χ3n) is 3.40. The molecule has 0 bridgehead atoms. The van der Waals surface area contributed by atoms with E-state index in [9.17, 15) is 4.79 Å². The third kappa shape index (κ3) is 3.55. The summed E-state index contributed by atoms with van der Waals surface area (Å²) in [6.45, 7) is 2.50. The van der Waals surface area contributed by atoms with Crippen LogP contribution in [0.1, 0.15) is 11.4 Å². The van der Waals surface area contributed by atoms with Crippen molar-refractivity contribution < 1.29 is 4.79 Å². The van der Waals surface area contributed by atoms with Crippen LogP contribution in [0.15, 0.2) is 48.5 Å². The normalized spacial score (nSPS) is 10.5. The fourth-order valence-corrected chi connectivity index (χ4v) is 2.36. The van der Waals surface area contributed by atoms with Gasteiger partial charge in [0.15, 0.2) is 0 Å². The van der Waals surface area contributed by atoms with E-state index in [0.717, 1.165) is 28.1 Å². The molecule has 6 nitrogen and oxygen atoms in total. The standard InChI is InChI=1S/C17H17N5O/c1-11-20-15-5-3-2-4-14(15)16(21-11)19-10-12-6-8-13(9-7-12)22-17(18)23/h2-9H,10H2,1H3,(H3,18,22,23)(H,19,20,21). The number of hydrogen-bond donors (Lipinski definition) is 3. The van der Waals surface area contributed by atoms with E-state index < -0.39 is 6.03 Å². The zero-order valence-corrected chi connectivity index (χ0v) is 12.7. The van der Waals surface area contributed by atoms with Gasteiger partial charge < -0.3 is 16.4 Å². The van der Waals surface area contributed by atoms with Crippen LogP contribution in [0.25, 0.3) is 10.9 Å². The number of anilines is 2. The van der Waals surface area contributed by atoms with Crippen molar-refractivity contribution in [1.29, 1.82) is 0 Å². The Labute approximate surface area is 133 Å². The Kier molecular flexibility index (Phi) is 4.05. The van der Waals surface area contributed by atoms with Gasteiger partial charge in [0.2, 0.25) is 0 Å². The molecule has 0 saturated heterocycles. The maximum Gasteiger partial charge on any atom is 0.316 e. The first-order valence-electron chi connectivity index (χ1n) is 7.24. The van der Waals surface area contributed by atoms with E-state index in [-0.39, 0.29) is 0 Å². The molecule has 3 rings (SSSR count). The molecule has 116 valence electrons. The molecule has 4 N–H and O–H groups in total. The second-order valence-corrected chi connectivity index (χ2v) is 5.18. The number of fused-ring (bicyclic) bond motifs is 1. The lowest BCUT2D eigenvalue weighted by Crippen LogP contribution is -2.19. The Morgan fingerprint density at radius 1 is 1.09 bits per heavy atom. The Bertz CT molecular complexity index is 845. The number of para-hydroxylation sites is 1. The number of carbonyl (C=O) groups is 1. The number of aromatic nitrogens is 2. The van der Waals surface area contributed by atoms with Gasteiger partial charge in [0.05, 0.1) is 5.52 Å². The average molecular weight is 307 g/mol. The summed E-state index contributed by atoms with van der Waals surface area (Å²) < 4.78 is 0. The number of hydrogen-bond acceptors (Lipinski definition) is 4. The lowest BCUT2D eigenvalue weighted by molar-refractivity contribution is 0.259. The molecule has 0 spiro atoms. The second-order valence-electron chi connectivity index (χ2n) is 5.18. The minimum atomic E-state index is -0.571. The van der Waals surface area contributed by atoms with Crippen LogP contribution >= 0.6 is 0 Å². The van der Waals surface area contributed by atoms with Gasteiger partial charge in [-0.05, 0) is 36.8 Å². The summed E-state index contributed by atoms with van der Waals surface area (Å²) >= 11 is 0. The first-order valence-corrected chi connectivity index (χ1v) is 7.24. The van der Waals surface area contributed by atoms with Gasteiger partial charge in [0, 0.05) is 17.6 Å². The molecule has 0 radical (unpaired) electrons. The van der Waals surface area contributed by atoms with E-state index in [1.807, 2.05) is 55.5 Å². The highest BCUT2D eigenvalue weighted by Crippen LogP contribution is 2.20. The van der Waals surface area contributed by atoms with Gasteiger partial charge in [0.25, 0.3) is 0 Å². The minimum Gasteiger partial charge on any atom is -0.365 e. The minimum absolute atomic E-state index is 0.571. The topological polar surface area (TPSA) is 92.9 Å². The Morgan fingerprint density at radius 2 is 1.83 bits per heavy atom. The van der Waals surface area contributed by atoms with Crippen molar-refractivity contribution in [2.24, 2.45) is 5.73 Å². The van der Waals surface area contributed by atoms with Gasteiger partial charge >= 0.3 is 6.03 Å². The molecular weight excluding hydrogens is 290 g/mol. The van der Waals surface area contributed by atoms with Gasteiger partial charge in [-0.25, -0.2) is 14.8 Å². The highest BCUT2D eigenvalue weighted by Gasteiger charge is 2.05. The fourth-order valence-electron chi connectivity index (χ4n) is 2.36. The largest absolute Gasteiger partial charge is 0.365 e. The quantitative estimate of drug-likeness (QED) is 0.690. The van der Waals surface area contributed by atoms with Crippen LogP contribution in [-0.4, -0.2) is 16.0 Å². The molecule has 0 saturated carbocycles. The summed E-state index contributed by atoms with van der Waals surface area (Å²) in [5, 5.41) is 6.87. The molecule has 1 aromatic heterocycles. The molecule has 0 aliphatic carbocycles. The van der Waals surface area contributed by atoms with Crippen LogP contribution in [0, 0.1) is 6.92 Å². The van der Waals surface area contributed by atoms with Crippen molar-refractivity contribution in [3.05, 3.63) is 59.9 Å². The van der Waals surface area contributed by atoms with E-state index in [1.165, 1.54) is 0 Å². The van der Waals surface area contributed by atoms with Crippen LogP contribution in [-0.2, 0) is 6.54 Å². The summed E-state index contributed by atoms with van der Waals surface area (Å²) in [6.07, 6.45) is 0. The summed E-state index contributed by atoms with van der Waals surface area (Å²) in [4.78, 5) is 19.7. The van der Waals surface area contributed by atoms with E-state index in [0.29, 0.717) is 12.2 Å². The van der Waals surface area contributed by atoms with Crippen molar-refractivity contribution in [2.45, 2.75) is 13.5 Å². The zero-order chi connectivity index (χ0) is 16.2. The summed E-state index contributed by atoms with van der Waals surface area (Å²) in [5.41, 5.74) is 7.75. The molecule has 23 heavy (non-hydrogen) atoms. The lowest BCUT2D eigenvalue weighted by Gasteiger charge is -2.10. The van der Waals surface area contributed by atoms with Gasteiger partial charge in [-0.1, -0.05) is 24.3 Å². The third-order valence-corrected chi connectivity index (χ3v) is 3.40. The molecule has 6 heteroatoms. The number of nitrogens with one attached hydrogen (secondary N) is 2. The van der Waals surface area contributed by atoms with Gasteiger partial charge in [-0.3, -0.25) is 0 Å². The van der Waals surface area contributed by atoms with Crippen molar-refractivity contribution >= 4 is 28.4 Å². The van der Waals surface area contributed by atoms with Crippen LogP contribution in [0.4, 0.5) is 16.3 Å². The Hall–Kier alpha value is -3.15. The fraction of sp³-hybridized carbons (Fsp3) is 0.118. The zero-order valence-electron chi connectivity index (χ0n) is 12.7. The number of aryl methyl sites for hydroxylation is 1. The number of urea groups is 1. The van der Waals surface area contributed by atoms with Gasteiger partial charge in [0.1, 0.15) is 11.6 Å². The highest BCUT2D eigenvalue weighted by atomic mass is 16.2. The average Bonchev–Trinajstić information content (AvgIpc) is 2.53. The number of carbonyl (C=O) groups excluding carboxylic acids is 1. The van der Waals surface area contributed by atoms with E-state index in [4.69, 9.17) is 5.73 Å². The number of nitrogens with zero attached hydrogens (tertiary/aromatic N) is 2. The van der Waals surface area contributed by atoms with Crippen molar-refractivity contribution in [3.63, 3.8) is 0 Å². The SMILES string of the molecule is Cc1nc(NCc2ccc(NC(N)=O)cc2)c2ccccc2n1.